The predicted molar refractivity (Wildman–Crippen MR) is 80.1 cm³/mol. The molecule has 3 nitrogen and oxygen atoms in total. The first-order chi connectivity index (χ1) is 8.54. The van der Waals surface area contributed by atoms with E-state index in [1.54, 1.807) is 7.11 Å². The van der Waals surface area contributed by atoms with Gasteiger partial charge in [-0.2, -0.15) is 0 Å². The van der Waals surface area contributed by atoms with E-state index in [9.17, 15) is 0 Å². The topological polar surface area (TPSA) is 24.5 Å². The SMILES string of the molecule is CCC(C)CN(CC)C(CNCC(C)C)COC. The zero-order valence-electron chi connectivity index (χ0n) is 13.3. The Morgan fingerprint density at radius 1 is 1.11 bits per heavy atom. The van der Waals surface area contributed by atoms with Crippen molar-refractivity contribution in [3.8, 4) is 0 Å². The second-order valence-corrected chi connectivity index (χ2v) is 5.76. The highest BCUT2D eigenvalue weighted by molar-refractivity contribution is 4.75. The number of nitrogens with zero attached hydrogens (tertiary/aromatic N) is 1. The average molecular weight is 258 g/mol. The molecule has 3 heteroatoms. The molecule has 0 aliphatic carbocycles. The van der Waals surface area contributed by atoms with Gasteiger partial charge < -0.3 is 10.1 Å². The minimum atomic E-state index is 0.493. The van der Waals surface area contributed by atoms with Gasteiger partial charge in [-0.3, -0.25) is 4.90 Å². The van der Waals surface area contributed by atoms with Crippen molar-refractivity contribution < 1.29 is 4.74 Å². The van der Waals surface area contributed by atoms with Crippen molar-refractivity contribution in [3.05, 3.63) is 0 Å². The molecule has 0 bridgehead atoms. The second kappa shape index (κ2) is 10.8. The highest BCUT2D eigenvalue weighted by Crippen LogP contribution is 2.08. The quantitative estimate of drug-likeness (QED) is 0.616. The fourth-order valence-electron chi connectivity index (χ4n) is 2.09. The summed E-state index contributed by atoms with van der Waals surface area (Å²) in [7, 11) is 1.80. The van der Waals surface area contributed by atoms with E-state index >= 15 is 0 Å². The third kappa shape index (κ3) is 8.06. The van der Waals surface area contributed by atoms with Crippen LogP contribution < -0.4 is 5.32 Å². The molecule has 0 aromatic heterocycles. The zero-order chi connectivity index (χ0) is 14.0. The van der Waals surface area contributed by atoms with Gasteiger partial charge in [0.05, 0.1) is 6.61 Å². The number of nitrogens with one attached hydrogen (secondary N) is 1. The average Bonchev–Trinajstić information content (AvgIpc) is 2.34. The summed E-state index contributed by atoms with van der Waals surface area (Å²) in [5, 5.41) is 3.55. The highest BCUT2D eigenvalue weighted by Gasteiger charge is 2.18. The van der Waals surface area contributed by atoms with Gasteiger partial charge in [0.1, 0.15) is 0 Å². The number of hydrogen-bond acceptors (Lipinski definition) is 3. The van der Waals surface area contributed by atoms with Gasteiger partial charge in [0.15, 0.2) is 0 Å². The van der Waals surface area contributed by atoms with Crippen LogP contribution in [-0.4, -0.2) is 50.8 Å². The fourth-order valence-corrected chi connectivity index (χ4v) is 2.09. The first kappa shape index (κ1) is 17.9. The lowest BCUT2D eigenvalue weighted by Crippen LogP contribution is -2.47. The molecule has 0 radical (unpaired) electrons. The van der Waals surface area contributed by atoms with Crippen LogP contribution in [0.2, 0.25) is 0 Å². The number of likely N-dealkylation sites (N-methyl/N-ethyl adjacent to an activating group) is 1. The Kier molecular flexibility index (Phi) is 10.7. The Hall–Kier alpha value is -0.120. The Bertz CT molecular complexity index is 185. The van der Waals surface area contributed by atoms with E-state index in [4.69, 9.17) is 4.74 Å². The standard InChI is InChI=1S/C15H34N2O/c1-7-14(5)11-17(8-2)15(12-18-6)10-16-9-13(3)4/h13-16H,7-12H2,1-6H3. The molecule has 0 aromatic rings. The van der Waals surface area contributed by atoms with Gasteiger partial charge in [-0.05, 0) is 24.9 Å². The third-order valence-corrected chi connectivity index (χ3v) is 3.46. The lowest BCUT2D eigenvalue weighted by atomic mass is 10.1. The molecule has 0 fully saturated rings. The van der Waals surface area contributed by atoms with Crippen LogP contribution in [0.25, 0.3) is 0 Å². The van der Waals surface area contributed by atoms with Crippen LogP contribution in [0.3, 0.4) is 0 Å². The molecule has 0 heterocycles. The van der Waals surface area contributed by atoms with E-state index < -0.39 is 0 Å². The van der Waals surface area contributed by atoms with Crippen LogP contribution in [-0.2, 0) is 4.74 Å². The smallest absolute Gasteiger partial charge is 0.0630 e. The Labute approximate surface area is 114 Å². The van der Waals surface area contributed by atoms with Gasteiger partial charge >= 0.3 is 0 Å². The zero-order valence-corrected chi connectivity index (χ0v) is 13.3. The van der Waals surface area contributed by atoms with Gasteiger partial charge in [-0.1, -0.05) is 41.0 Å². The van der Waals surface area contributed by atoms with Crippen LogP contribution in [0, 0.1) is 11.8 Å². The van der Waals surface area contributed by atoms with Gasteiger partial charge in [0, 0.05) is 26.2 Å². The fraction of sp³-hybridized carbons (Fsp3) is 1.00. The second-order valence-electron chi connectivity index (χ2n) is 5.76. The summed E-state index contributed by atoms with van der Waals surface area (Å²) in [6.45, 7) is 16.5. The molecule has 0 aromatic carbocycles. The maximum Gasteiger partial charge on any atom is 0.0630 e. The summed E-state index contributed by atoms with van der Waals surface area (Å²) >= 11 is 0. The lowest BCUT2D eigenvalue weighted by Gasteiger charge is -2.32. The van der Waals surface area contributed by atoms with Crippen LogP contribution in [0.15, 0.2) is 0 Å². The molecule has 0 saturated heterocycles. The Balaban J connectivity index is 4.23. The molecule has 18 heavy (non-hydrogen) atoms. The van der Waals surface area contributed by atoms with E-state index in [-0.39, 0.29) is 0 Å². The molecule has 1 N–H and O–H groups in total. The monoisotopic (exact) mass is 258 g/mol. The van der Waals surface area contributed by atoms with E-state index in [2.05, 4.69) is 44.8 Å². The van der Waals surface area contributed by atoms with Crippen LogP contribution in [0.4, 0.5) is 0 Å². The normalized spacial score (nSPS) is 15.3. The summed E-state index contributed by atoms with van der Waals surface area (Å²) in [6, 6.07) is 0.493. The van der Waals surface area contributed by atoms with E-state index in [1.807, 2.05) is 0 Å². The molecule has 0 spiro atoms. The van der Waals surface area contributed by atoms with Crippen LogP contribution in [0.5, 0.6) is 0 Å². The van der Waals surface area contributed by atoms with E-state index in [0.29, 0.717) is 12.0 Å². The van der Waals surface area contributed by atoms with Crippen molar-refractivity contribution in [2.24, 2.45) is 11.8 Å². The molecule has 2 unspecified atom stereocenters. The third-order valence-electron chi connectivity index (χ3n) is 3.46. The van der Waals surface area contributed by atoms with Crippen LogP contribution in [0.1, 0.15) is 41.0 Å². The molecule has 0 rings (SSSR count). The van der Waals surface area contributed by atoms with E-state index in [1.165, 1.54) is 13.0 Å². The molecule has 0 amide bonds. The molecular weight excluding hydrogens is 224 g/mol. The van der Waals surface area contributed by atoms with E-state index in [0.717, 1.165) is 32.2 Å². The van der Waals surface area contributed by atoms with Crippen molar-refractivity contribution in [1.29, 1.82) is 0 Å². The van der Waals surface area contributed by atoms with Crippen LogP contribution >= 0.6 is 0 Å². The number of rotatable bonds is 11. The first-order valence-corrected chi connectivity index (χ1v) is 7.48. The minimum Gasteiger partial charge on any atom is -0.383 e. The molecule has 2 atom stereocenters. The number of methoxy groups -OCH3 is 1. The highest BCUT2D eigenvalue weighted by atomic mass is 16.5. The van der Waals surface area contributed by atoms with Gasteiger partial charge in [0.2, 0.25) is 0 Å². The molecule has 0 aliphatic rings. The summed E-state index contributed by atoms with van der Waals surface area (Å²) in [5.41, 5.74) is 0. The van der Waals surface area contributed by atoms with Gasteiger partial charge in [-0.15, -0.1) is 0 Å². The Morgan fingerprint density at radius 2 is 1.78 bits per heavy atom. The first-order valence-electron chi connectivity index (χ1n) is 7.48. The molecular formula is C15H34N2O. The molecule has 0 aliphatic heterocycles. The van der Waals surface area contributed by atoms with Crippen molar-refractivity contribution in [2.45, 2.75) is 47.1 Å². The summed E-state index contributed by atoms with van der Waals surface area (Å²) < 4.78 is 5.38. The number of hydrogen-bond donors (Lipinski definition) is 1. The Morgan fingerprint density at radius 3 is 2.22 bits per heavy atom. The van der Waals surface area contributed by atoms with Crippen molar-refractivity contribution in [1.82, 2.24) is 10.2 Å². The van der Waals surface area contributed by atoms with Crippen molar-refractivity contribution in [2.75, 3.05) is 39.9 Å². The minimum absolute atomic E-state index is 0.493. The van der Waals surface area contributed by atoms with Crippen molar-refractivity contribution >= 4 is 0 Å². The summed E-state index contributed by atoms with van der Waals surface area (Å²) in [5.74, 6) is 1.47. The number of ether oxygens (including phenoxy) is 1. The summed E-state index contributed by atoms with van der Waals surface area (Å²) in [4.78, 5) is 2.55. The van der Waals surface area contributed by atoms with Gasteiger partial charge in [-0.25, -0.2) is 0 Å². The van der Waals surface area contributed by atoms with Crippen molar-refractivity contribution in [3.63, 3.8) is 0 Å². The molecule has 110 valence electrons. The molecule has 0 saturated carbocycles. The maximum absolute atomic E-state index is 5.38. The predicted octanol–water partition coefficient (Wildman–Crippen LogP) is 2.62. The van der Waals surface area contributed by atoms with Gasteiger partial charge in [0.25, 0.3) is 0 Å². The lowest BCUT2D eigenvalue weighted by molar-refractivity contribution is 0.0825. The summed E-state index contributed by atoms with van der Waals surface area (Å²) in [6.07, 6.45) is 1.25. The maximum atomic E-state index is 5.38. The largest absolute Gasteiger partial charge is 0.383 e.